The fraction of sp³-hybridized carbons (Fsp3) is 0.375. The molecule has 0 spiro atoms. The first-order valence-corrected chi connectivity index (χ1v) is 7.10. The minimum Gasteiger partial charge on any atom is -0.464 e. The van der Waals surface area contributed by atoms with Gasteiger partial charge in [-0.3, -0.25) is 0 Å². The zero-order valence-electron chi connectivity index (χ0n) is 13.1. The third-order valence-electron chi connectivity index (χ3n) is 3.40. The first kappa shape index (κ1) is 15.9. The number of aromatic nitrogens is 1. The summed E-state index contributed by atoms with van der Waals surface area (Å²) in [7, 11) is 1.71. The summed E-state index contributed by atoms with van der Waals surface area (Å²) < 4.78 is 17.2. The van der Waals surface area contributed by atoms with Gasteiger partial charge in [0.25, 0.3) is 0 Å². The minimum absolute atomic E-state index is 0.245. The molecule has 0 saturated carbocycles. The van der Waals surface area contributed by atoms with E-state index in [4.69, 9.17) is 13.9 Å². The molecule has 0 atom stereocenters. The first-order valence-electron chi connectivity index (χ1n) is 7.10. The molecule has 0 saturated heterocycles. The zero-order chi connectivity index (χ0) is 16.3. The van der Waals surface area contributed by atoms with E-state index in [2.05, 4.69) is 0 Å². The van der Waals surface area contributed by atoms with Crippen molar-refractivity contribution in [1.29, 1.82) is 0 Å². The Morgan fingerprint density at radius 2 is 1.82 bits per heavy atom. The number of carbonyl (C=O) groups excluding carboxylic acids is 2. The third-order valence-corrected chi connectivity index (χ3v) is 3.40. The second kappa shape index (κ2) is 6.51. The lowest BCUT2D eigenvalue weighted by Gasteiger charge is -2.06. The molecule has 0 aromatic carbocycles. The summed E-state index contributed by atoms with van der Waals surface area (Å²) in [4.78, 5) is 24.6. The van der Waals surface area contributed by atoms with Gasteiger partial charge in [0, 0.05) is 12.7 Å². The van der Waals surface area contributed by atoms with Gasteiger partial charge in [-0.25, -0.2) is 9.59 Å². The Kier molecular flexibility index (Phi) is 4.70. The van der Waals surface area contributed by atoms with E-state index in [-0.39, 0.29) is 18.9 Å². The van der Waals surface area contributed by atoms with Crippen LogP contribution in [-0.2, 0) is 16.5 Å². The summed E-state index contributed by atoms with van der Waals surface area (Å²) in [6.45, 7) is 5.71. The van der Waals surface area contributed by atoms with Crippen molar-refractivity contribution in [3.8, 4) is 11.3 Å². The van der Waals surface area contributed by atoms with E-state index in [0.29, 0.717) is 22.6 Å². The highest BCUT2D eigenvalue weighted by Gasteiger charge is 2.31. The maximum absolute atomic E-state index is 12.3. The Morgan fingerprint density at radius 1 is 1.18 bits per heavy atom. The predicted octanol–water partition coefficient (Wildman–Crippen LogP) is 2.95. The lowest BCUT2D eigenvalue weighted by atomic mass is 10.1. The van der Waals surface area contributed by atoms with Crippen LogP contribution in [0, 0.1) is 6.92 Å². The Labute approximate surface area is 128 Å². The minimum atomic E-state index is -0.505. The average Bonchev–Trinajstić information content (AvgIpc) is 3.07. The van der Waals surface area contributed by atoms with Crippen LogP contribution in [0.1, 0.15) is 40.4 Å². The molecule has 0 radical (unpaired) electrons. The summed E-state index contributed by atoms with van der Waals surface area (Å²) >= 11 is 0. The number of nitrogens with zero attached hydrogens (tertiary/aromatic N) is 1. The Hall–Kier alpha value is -2.50. The van der Waals surface area contributed by atoms with Crippen LogP contribution < -0.4 is 0 Å². The van der Waals surface area contributed by atoms with Crippen molar-refractivity contribution < 1.29 is 23.5 Å². The van der Waals surface area contributed by atoms with E-state index in [1.807, 2.05) is 0 Å². The van der Waals surface area contributed by atoms with Crippen LogP contribution in [0.25, 0.3) is 11.3 Å². The van der Waals surface area contributed by atoms with Gasteiger partial charge in [-0.2, -0.15) is 0 Å². The largest absolute Gasteiger partial charge is 0.464 e. The molecule has 2 aromatic rings. The van der Waals surface area contributed by atoms with Gasteiger partial charge in [0.15, 0.2) is 0 Å². The maximum Gasteiger partial charge on any atom is 0.355 e. The summed E-state index contributed by atoms with van der Waals surface area (Å²) in [6, 6.07) is 3.39. The van der Waals surface area contributed by atoms with Crippen molar-refractivity contribution in [2.45, 2.75) is 20.8 Å². The standard InChI is InChI=1S/C16H19NO5/c1-5-20-15(18)12-10(3)17(4)14(16(19)21-6-2)13(12)11-8-7-9-22-11/h7-9H,5-6H2,1-4H3. The number of hydrogen-bond acceptors (Lipinski definition) is 5. The third kappa shape index (κ3) is 2.64. The van der Waals surface area contributed by atoms with Gasteiger partial charge in [-0.1, -0.05) is 0 Å². The van der Waals surface area contributed by atoms with Crippen molar-refractivity contribution in [2.75, 3.05) is 13.2 Å². The Morgan fingerprint density at radius 3 is 2.36 bits per heavy atom. The summed E-state index contributed by atoms with van der Waals surface area (Å²) in [5.74, 6) is -0.567. The van der Waals surface area contributed by atoms with Crippen molar-refractivity contribution in [1.82, 2.24) is 4.57 Å². The highest BCUT2D eigenvalue weighted by atomic mass is 16.5. The highest BCUT2D eigenvalue weighted by molar-refractivity contribution is 6.06. The van der Waals surface area contributed by atoms with Gasteiger partial charge in [-0.05, 0) is 32.9 Å². The molecule has 2 heterocycles. The predicted molar refractivity (Wildman–Crippen MR) is 79.8 cm³/mol. The van der Waals surface area contributed by atoms with Gasteiger partial charge in [0.2, 0.25) is 0 Å². The Balaban J connectivity index is 2.71. The molecule has 0 aliphatic carbocycles. The molecule has 22 heavy (non-hydrogen) atoms. The molecule has 6 nitrogen and oxygen atoms in total. The number of carbonyl (C=O) groups is 2. The average molecular weight is 305 g/mol. The Bertz CT molecular complexity index is 640. The summed E-state index contributed by atoms with van der Waals surface area (Å²) in [5, 5.41) is 0. The smallest absolute Gasteiger partial charge is 0.355 e. The van der Waals surface area contributed by atoms with E-state index in [1.54, 1.807) is 44.5 Å². The van der Waals surface area contributed by atoms with Crippen molar-refractivity contribution >= 4 is 11.9 Å². The second-order valence-corrected chi connectivity index (χ2v) is 4.66. The first-order chi connectivity index (χ1) is 10.5. The van der Waals surface area contributed by atoms with Crippen molar-refractivity contribution in [2.24, 2.45) is 7.05 Å². The monoisotopic (exact) mass is 305 g/mol. The fourth-order valence-electron chi connectivity index (χ4n) is 2.35. The molecular formula is C16H19NO5. The summed E-state index contributed by atoms with van der Waals surface area (Å²) in [5.41, 5.74) is 1.62. The number of hydrogen-bond donors (Lipinski definition) is 0. The van der Waals surface area contributed by atoms with Gasteiger partial charge in [-0.15, -0.1) is 0 Å². The van der Waals surface area contributed by atoms with E-state index in [1.165, 1.54) is 6.26 Å². The quantitative estimate of drug-likeness (QED) is 0.794. The highest BCUT2D eigenvalue weighted by Crippen LogP contribution is 2.33. The maximum atomic E-state index is 12.3. The zero-order valence-corrected chi connectivity index (χ0v) is 13.1. The number of esters is 2. The molecule has 0 aliphatic heterocycles. The van der Waals surface area contributed by atoms with Crippen LogP contribution in [0.15, 0.2) is 22.8 Å². The molecule has 0 aliphatic rings. The molecule has 0 unspecified atom stereocenters. The molecule has 2 aromatic heterocycles. The van der Waals surface area contributed by atoms with E-state index >= 15 is 0 Å². The number of ether oxygens (including phenoxy) is 2. The van der Waals surface area contributed by atoms with Gasteiger partial charge < -0.3 is 18.5 Å². The number of furan rings is 1. The molecule has 118 valence electrons. The molecule has 0 fully saturated rings. The summed E-state index contributed by atoms with van der Waals surface area (Å²) in [6.07, 6.45) is 1.49. The van der Waals surface area contributed by atoms with Crippen LogP contribution >= 0.6 is 0 Å². The lowest BCUT2D eigenvalue weighted by molar-refractivity contribution is 0.0513. The topological polar surface area (TPSA) is 70.7 Å². The van der Waals surface area contributed by atoms with Crippen molar-refractivity contribution in [3.05, 3.63) is 35.3 Å². The number of rotatable bonds is 5. The molecule has 0 N–H and O–H groups in total. The van der Waals surface area contributed by atoms with Crippen LogP contribution in [0.3, 0.4) is 0 Å². The van der Waals surface area contributed by atoms with Crippen LogP contribution in [0.5, 0.6) is 0 Å². The second-order valence-electron chi connectivity index (χ2n) is 4.66. The SMILES string of the molecule is CCOC(=O)c1c(-c2ccco2)c(C(=O)OCC)n(C)c1C. The van der Waals surface area contributed by atoms with Gasteiger partial charge in [0.05, 0.1) is 30.6 Å². The van der Waals surface area contributed by atoms with E-state index in [9.17, 15) is 9.59 Å². The molecule has 6 heteroatoms. The fourth-order valence-corrected chi connectivity index (χ4v) is 2.35. The van der Waals surface area contributed by atoms with E-state index in [0.717, 1.165) is 0 Å². The van der Waals surface area contributed by atoms with Gasteiger partial charge >= 0.3 is 11.9 Å². The lowest BCUT2D eigenvalue weighted by Crippen LogP contribution is -2.11. The van der Waals surface area contributed by atoms with E-state index < -0.39 is 11.9 Å². The molecule has 0 bridgehead atoms. The van der Waals surface area contributed by atoms with Crippen LogP contribution in [-0.4, -0.2) is 29.7 Å². The van der Waals surface area contributed by atoms with Crippen LogP contribution in [0.4, 0.5) is 0 Å². The molecular weight excluding hydrogens is 286 g/mol. The van der Waals surface area contributed by atoms with Crippen LogP contribution in [0.2, 0.25) is 0 Å². The van der Waals surface area contributed by atoms with Gasteiger partial charge in [0.1, 0.15) is 11.5 Å². The van der Waals surface area contributed by atoms with Crippen molar-refractivity contribution in [3.63, 3.8) is 0 Å². The normalized spacial score (nSPS) is 10.5. The molecule has 2 rings (SSSR count). The molecule has 0 amide bonds.